The van der Waals surface area contributed by atoms with E-state index in [0.29, 0.717) is 32.2 Å². The van der Waals surface area contributed by atoms with Crippen LogP contribution in [0, 0.1) is 0 Å². The Hall–Kier alpha value is -1.32. The zero-order valence-electron chi connectivity index (χ0n) is 12.6. The average molecular weight is 266 g/mol. The highest BCUT2D eigenvalue weighted by Gasteiger charge is 2.55. The van der Waals surface area contributed by atoms with E-state index < -0.39 is 11.1 Å². The SMILES string of the molecule is C=CCN1C(=O)C(CC)(CC)NC(=O)C1(CC)CC. The first-order valence-corrected chi connectivity index (χ1v) is 7.23. The van der Waals surface area contributed by atoms with Crippen LogP contribution in [-0.2, 0) is 9.59 Å². The molecule has 1 aliphatic rings. The molecular weight excluding hydrogens is 240 g/mol. The molecule has 2 amide bonds. The Balaban J connectivity index is 3.31. The Morgan fingerprint density at radius 2 is 1.63 bits per heavy atom. The molecule has 0 bridgehead atoms. The van der Waals surface area contributed by atoms with Crippen molar-refractivity contribution in [1.29, 1.82) is 0 Å². The molecule has 19 heavy (non-hydrogen) atoms. The molecule has 1 rings (SSSR count). The summed E-state index contributed by atoms with van der Waals surface area (Å²) in [6.07, 6.45) is 4.18. The molecule has 0 spiro atoms. The standard InChI is InChI=1S/C15H26N2O2/c1-6-11-17-13(19)14(7-2,8-3)16-12(18)15(17,9-4)10-5/h6H,1,7-11H2,2-5H3,(H,16,18). The van der Waals surface area contributed by atoms with Crippen LogP contribution in [-0.4, -0.2) is 34.3 Å². The van der Waals surface area contributed by atoms with Crippen molar-refractivity contribution in [2.75, 3.05) is 6.54 Å². The minimum absolute atomic E-state index is 0.0253. The highest BCUT2D eigenvalue weighted by Crippen LogP contribution is 2.34. The van der Waals surface area contributed by atoms with Crippen molar-refractivity contribution in [3.63, 3.8) is 0 Å². The number of piperazine rings is 1. The van der Waals surface area contributed by atoms with Gasteiger partial charge in [-0.2, -0.15) is 0 Å². The zero-order valence-corrected chi connectivity index (χ0v) is 12.6. The van der Waals surface area contributed by atoms with E-state index in [-0.39, 0.29) is 11.8 Å². The molecule has 4 heteroatoms. The maximum absolute atomic E-state index is 12.8. The molecule has 1 heterocycles. The maximum atomic E-state index is 12.8. The lowest BCUT2D eigenvalue weighted by molar-refractivity contribution is -0.163. The van der Waals surface area contributed by atoms with Gasteiger partial charge in [0.25, 0.3) is 0 Å². The molecule has 0 atom stereocenters. The lowest BCUT2D eigenvalue weighted by Gasteiger charge is -2.51. The van der Waals surface area contributed by atoms with Crippen molar-refractivity contribution in [2.45, 2.75) is 64.5 Å². The summed E-state index contributed by atoms with van der Waals surface area (Å²) in [6, 6.07) is 0. The predicted molar refractivity (Wildman–Crippen MR) is 76.7 cm³/mol. The maximum Gasteiger partial charge on any atom is 0.249 e. The summed E-state index contributed by atoms with van der Waals surface area (Å²) in [7, 11) is 0. The third-order valence-electron chi connectivity index (χ3n) is 4.64. The van der Waals surface area contributed by atoms with Crippen molar-refractivity contribution in [3.05, 3.63) is 12.7 Å². The number of hydrogen-bond donors (Lipinski definition) is 1. The van der Waals surface area contributed by atoms with Crippen LogP contribution < -0.4 is 5.32 Å². The predicted octanol–water partition coefficient (Wildman–Crippen LogP) is 2.25. The van der Waals surface area contributed by atoms with Crippen LogP contribution in [0.25, 0.3) is 0 Å². The molecule has 0 aromatic carbocycles. The first kappa shape index (κ1) is 15.7. The van der Waals surface area contributed by atoms with Gasteiger partial charge in [0.1, 0.15) is 11.1 Å². The molecule has 0 aliphatic carbocycles. The molecule has 0 radical (unpaired) electrons. The van der Waals surface area contributed by atoms with Crippen LogP contribution in [0.2, 0.25) is 0 Å². The second kappa shape index (κ2) is 5.76. The molecule has 108 valence electrons. The van der Waals surface area contributed by atoms with Crippen LogP contribution in [0.3, 0.4) is 0 Å². The van der Waals surface area contributed by atoms with E-state index in [4.69, 9.17) is 0 Å². The van der Waals surface area contributed by atoms with Gasteiger partial charge in [0.15, 0.2) is 0 Å². The molecule has 0 saturated carbocycles. The van der Waals surface area contributed by atoms with Crippen molar-refractivity contribution >= 4 is 11.8 Å². The monoisotopic (exact) mass is 266 g/mol. The second-order valence-electron chi connectivity index (χ2n) is 5.19. The lowest BCUT2D eigenvalue weighted by atomic mass is 9.79. The Kier molecular flexibility index (Phi) is 4.77. The summed E-state index contributed by atoms with van der Waals surface area (Å²) < 4.78 is 0. The molecule has 0 unspecified atom stereocenters. The molecule has 1 N–H and O–H groups in total. The third-order valence-corrected chi connectivity index (χ3v) is 4.64. The highest BCUT2D eigenvalue weighted by molar-refractivity contribution is 6.02. The molecule has 0 aromatic rings. The number of hydrogen-bond acceptors (Lipinski definition) is 2. The van der Waals surface area contributed by atoms with Crippen LogP contribution in [0.4, 0.5) is 0 Å². The molecule has 0 aromatic heterocycles. The van der Waals surface area contributed by atoms with Gasteiger partial charge in [-0.15, -0.1) is 6.58 Å². The first-order valence-electron chi connectivity index (χ1n) is 7.23. The van der Waals surface area contributed by atoms with Gasteiger partial charge in [-0.3, -0.25) is 9.59 Å². The van der Waals surface area contributed by atoms with Gasteiger partial charge in [0.05, 0.1) is 0 Å². The van der Waals surface area contributed by atoms with E-state index in [2.05, 4.69) is 11.9 Å². The Bertz CT molecular complexity index is 368. The summed E-state index contributed by atoms with van der Waals surface area (Å²) in [4.78, 5) is 27.2. The van der Waals surface area contributed by atoms with E-state index in [1.165, 1.54) is 0 Å². The smallest absolute Gasteiger partial charge is 0.249 e. The first-order chi connectivity index (χ1) is 8.97. The molecule has 1 fully saturated rings. The van der Waals surface area contributed by atoms with Gasteiger partial charge in [0.2, 0.25) is 11.8 Å². The molecule has 1 saturated heterocycles. The van der Waals surface area contributed by atoms with Crippen molar-refractivity contribution < 1.29 is 9.59 Å². The zero-order chi connectivity index (χ0) is 14.7. The number of nitrogens with one attached hydrogen (secondary N) is 1. The van der Waals surface area contributed by atoms with Gasteiger partial charge < -0.3 is 10.2 Å². The molecular formula is C15H26N2O2. The minimum atomic E-state index is -0.742. The van der Waals surface area contributed by atoms with Crippen molar-refractivity contribution in [1.82, 2.24) is 10.2 Å². The Morgan fingerprint density at radius 1 is 1.11 bits per heavy atom. The number of rotatable bonds is 6. The van der Waals surface area contributed by atoms with Gasteiger partial charge in [-0.05, 0) is 25.7 Å². The summed E-state index contributed by atoms with van der Waals surface area (Å²) >= 11 is 0. The van der Waals surface area contributed by atoms with E-state index in [9.17, 15) is 9.59 Å². The van der Waals surface area contributed by atoms with Gasteiger partial charge in [-0.1, -0.05) is 33.8 Å². The van der Waals surface area contributed by atoms with Gasteiger partial charge in [0, 0.05) is 6.54 Å². The fourth-order valence-corrected chi connectivity index (χ4v) is 3.03. The highest BCUT2D eigenvalue weighted by atomic mass is 16.2. The number of amides is 2. The number of nitrogens with zero attached hydrogens (tertiary/aromatic N) is 1. The summed E-state index contributed by atoms with van der Waals surface area (Å²) in [6.45, 7) is 11.9. The molecule has 1 aliphatic heterocycles. The summed E-state index contributed by atoms with van der Waals surface area (Å²) in [5.74, 6) is 0.00310. The van der Waals surface area contributed by atoms with E-state index >= 15 is 0 Å². The Morgan fingerprint density at radius 3 is 2.00 bits per heavy atom. The van der Waals surface area contributed by atoms with Gasteiger partial charge >= 0.3 is 0 Å². The lowest BCUT2D eigenvalue weighted by Crippen LogP contribution is -2.75. The Labute approximate surface area is 116 Å². The van der Waals surface area contributed by atoms with Gasteiger partial charge in [-0.25, -0.2) is 0 Å². The van der Waals surface area contributed by atoms with Crippen LogP contribution >= 0.6 is 0 Å². The van der Waals surface area contributed by atoms with Crippen molar-refractivity contribution in [3.8, 4) is 0 Å². The fourth-order valence-electron chi connectivity index (χ4n) is 3.03. The van der Waals surface area contributed by atoms with Crippen LogP contribution in [0.1, 0.15) is 53.4 Å². The third kappa shape index (κ3) is 2.17. The number of carbonyl (C=O) groups is 2. The van der Waals surface area contributed by atoms with E-state index in [1.54, 1.807) is 11.0 Å². The quantitative estimate of drug-likeness (QED) is 0.750. The number of carbonyl (C=O) groups excluding carboxylic acids is 2. The van der Waals surface area contributed by atoms with Crippen LogP contribution in [0.5, 0.6) is 0 Å². The van der Waals surface area contributed by atoms with Crippen LogP contribution in [0.15, 0.2) is 12.7 Å². The summed E-state index contributed by atoms with van der Waals surface area (Å²) in [5.41, 5.74) is -1.47. The largest absolute Gasteiger partial charge is 0.340 e. The topological polar surface area (TPSA) is 49.4 Å². The molecule has 4 nitrogen and oxygen atoms in total. The normalized spacial score (nSPS) is 21.2. The fraction of sp³-hybridized carbons (Fsp3) is 0.733. The van der Waals surface area contributed by atoms with E-state index in [0.717, 1.165) is 0 Å². The average Bonchev–Trinajstić information content (AvgIpc) is 2.44. The summed E-state index contributed by atoms with van der Waals surface area (Å²) in [5, 5.41) is 3.00. The second-order valence-corrected chi connectivity index (χ2v) is 5.19. The minimum Gasteiger partial charge on any atom is -0.340 e. The van der Waals surface area contributed by atoms with Crippen molar-refractivity contribution in [2.24, 2.45) is 0 Å². The van der Waals surface area contributed by atoms with E-state index in [1.807, 2.05) is 27.7 Å².